The monoisotopic (exact) mass is 341 g/mol. The third-order valence-electron chi connectivity index (χ3n) is 2.41. The average molecular weight is 342 g/mol. The molecule has 0 aliphatic heterocycles. The van der Waals surface area contributed by atoms with E-state index in [-0.39, 0.29) is 0 Å². The number of hydrogen-bond donors (Lipinski definition) is 1. The molecule has 0 bridgehead atoms. The van der Waals surface area contributed by atoms with Gasteiger partial charge in [0.25, 0.3) is 0 Å². The highest BCUT2D eigenvalue weighted by Gasteiger charge is 2.24. The Balaban J connectivity index is 3.00. The number of allylic oxidation sites excluding steroid dienone is 1. The predicted octanol–water partition coefficient (Wildman–Crippen LogP) is 3.39. The molecule has 0 aliphatic rings. The fourth-order valence-corrected chi connectivity index (χ4v) is 2.40. The molecule has 0 fully saturated rings. The molecule has 122 valence electrons. The van der Waals surface area contributed by atoms with Crippen LogP contribution in [-0.2, 0) is 11.3 Å². The maximum atomic E-state index is 12.5. The van der Waals surface area contributed by atoms with Gasteiger partial charge in [0.05, 0.1) is 12.2 Å². The zero-order valence-corrected chi connectivity index (χ0v) is 15.3. The Labute approximate surface area is 141 Å². The summed E-state index contributed by atoms with van der Waals surface area (Å²) in [5.74, 6) is 0. The minimum Gasteiger partial charge on any atom is -0.443 e. The van der Waals surface area contributed by atoms with E-state index < -0.39 is 11.7 Å². The molecule has 1 amide bonds. The molecule has 1 N–H and O–H groups in total. The second kappa shape index (κ2) is 8.26. The Bertz CT molecular complexity index is 519. The number of nitrogens with zero attached hydrogens (tertiary/aromatic N) is 2. The molecule has 1 heterocycles. The molecule has 0 atom stereocenters. The lowest BCUT2D eigenvalue weighted by molar-refractivity contribution is 0.0312. The van der Waals surface area contributed by atoms with Gasteiger partial charge in [-0.15, -0.1) is 11.3 Å². The second-order valence-corrected chi connectivity index (χ2v) is 7.12. The lowest BCUT2D eigenvalue weighted by Gasteiger charge is -2.27. The Morgan fingerprint density at radius 2 is 2.14 bits per heavy atom. The van der Waals surface area contributed by atoms with Crippen LogP contribution in [0.25, 0.3) is 0 Å². The lowest BCUT2D eigenvalue weighted by atomic mass is 10.2. The van der Waals surface area contributed by atoms with Gasteiger partial charge < -0.3 is 10.2 Å². The van der Waals surface area contributed by atoms with Crippen LogP contribution in [0.2, 0.25) is 0 Å². The van der Waals surface area contributed by atoms with E-state index in [1.807, 2.05) is 52.4 Å². The van der Waals surface area contributed by atoms with Crippen LogP contribution in [0, 0.1) is 0 Å². The normalized spacial score (nSPS) is 12.2. The van der Waals surface area contributed by atoms with Crippen molar-refractivity contribution in [3.8, 4) is 0 Å². The van der Waals surface area contributed by atoms with Gasteiger partial charge in [-0.3, -0.25) is 4.90 Å². The molecule has 0 unspecified atom stereocenters. The molecule has 0 aromatic carbocycles. The summed E-state index contributed by atoms with van der Waals surface area (Å²) in [7, 11) is 3.71. The summed E-state index contributed by atoms with van der Waals surface area (Å²) >= 11 is 6.64. The Kier molecular flexibility index (Phi) is 6.99. The van der Waals surface area contributed by atoms with E-state index in [9.17, 15) is 4.79 Å². The van der Waals surface area contributed by atoms with E-state index in [1.54, 1.807) is 22.5 Å². The predicted molar refractivity (Wildman–Crippen MR) is 94.7 cm³/mol. The highest BCUT2D eigenvalue weighted by molar-refractivity contribution is 7.79. The molecule has 0 spiro atoms. The Morgan fingerprint density at radius 1 is 1.45 bits per heavy atom. The number of rotatable bonds is 6. The van der Waals surface area contributed by atoms with E-state index in [4.69, 9.17) is 17.0 Å². The van der Waals surface area contributed by atoms with Crippen molar-refractivity contribution < 1.29 is 9.53 Å². The summed E-state index contributed by atoms with van der Waals surface area (Å²) < 4.78 is 5.48. The number of ether oxygens (including phenoxy) is 1. The first-order chi connectivity index (χ1) is 10.2. The van der Waals surface area contributed by atoms with Gasteiger partial charge in [-0.05, 0) is 32.2 Å². The minimum absolute atomic E-state index is 0.417. The molecule has 1 rings (SSSR count). The van der Waals surface area contributed by atoms with E-state index >= 15 is 0 Å². The molecular formula is C15H23N3O2S2. The number of carbonyl (C=O) groups excluding carboxylic acids is 1. The van der Waals surface area contributed by atoms with E-state index in [2.05, 4.69) is 5.43 Å². The second-order valence-electron chi connectivity index (χ2n) is 5.86. The molecule has 22 heavy (non-hydrogen) atoms. The van der Waals surface area contributed by atoms with Crippen molar-refractivity contribution in [3.05, 3.63) is 34.3 Å². The SMILES string of the molecule is CN(C)NC=C(C=S)N(Cc1cccs1)C(=O)OC(C)(C)C. The van der Waals surface area contributed by atoms with Gasteiger partial charge >= 0.3 is 6.09 Å². The first kappa shape index (κ1) is 18.6. The fourth-order valence-electron chi connectivity index (χ4n) is 1.51. The first-order valence-corrected chi connectivity index (χ1v) is 8.20. The van der Waals surface area contributed by atoms with Crippen LogP contribution in [0.4, 0.5) is 4.79 Å². The molecule has 0 saturated heterocycles. The maximum Gasteiger partial charge on any atom is 0.415 e. The van der Waals surface area contributed by atoms with Crippen LogP contribution in [-0.4, -0.2) is 41.1 Å². The number of nitrogens with one attached hydrogen (secondary N) is 1. The molecule has 0 saturated carbocycles. The highest BCUT2D eigenvalue weighted by Crippen LogP contribution is 2.18. The Morgan fingerprint density at radius 3 is 2.59 bits per heavy atom. The summed E-state index contributed by atoms with van der Waals surface area (Å²) in [6, 6.07) is 3.93. The van der Waals surface area contributed by atoms with Crippen LogP contribution in [0.1, 0.15) is 25.6 Å². The number of hydrazine groups is 1. The van der Waals surface area contributed by atoms with Gasteiger partial charge in [-0.1, -0.05) is 18.3 Å². The van der Waals surface area contributed by atoms with Crippen LogP contribution in [0.3, 0.4) is 0 Å². The molecule has 7 heteroatoms. The lowest BCUT2D eigenvalue weighted by Crippen LogP contribution is -2.37. The minimum atomic E-state index is -0.563. The van der Waals surface area contributed by atoms with Gasteiger partial charge in [0.1, 0.15) is 5.60 Å². The molecular weight excluding hydrogens is 318 g/mol. The van der Waals surface area contributed by atoms with Crippen molar-refractivity contribution in [2.75, 3.05) is 14.1 Å². The van der Waals surface area contributed by atoms with Crippen LogP contribution in [0.5, 0.6) is 0 Å². The zero-order chi connectivity index (χ0) is 16.8. The third-order valence-corrected chi connectivity index (χ3v) is 3.51. The average Bonchev–Trinajstić information content (AvgIpc) is 2.88. The molecule has 1 aromatic rings. The van der Waals surface area contributed by atoms with Crippen LogP contribution < -0.4 is 5.43 Å². The molecule has 0 radical (unpaired) electrons. The van der Waals surface area contributed by atoms with Crippen molar-refractivity contribution in [1.82, 2.24) is 15.3 Å². The van der Waals surface area contributed by atoms with Crippen LogP contribution in [0.15, 0.2) is 29.4 Å². The van der Waals surface area contributed by atoms with Crippen molar-refractivity contribution in [2.24, 2.45) is 0 Å². The topological polar surface area (TPSA) is 44.8 Å². The van der Waals surface area contributed by atoms with Crippen molar-refractivity contribution >= 4 is 35.0 Å². The highest BCUT2D eigenvalue weighted by atomic mass is 32.1. The number of thiophene rings is 1. The van der Waals surface area contributed by atoms with Crippen molar-refractivity contribution in [2.45, 2.75) is 32.9 Å². The van der Waals surface area contributed by atoms with Crippen molar-refractivity contribution in [3.63, 3.8) is 0 Å². The quantitative estimate of drug-likeness (QED) is 0.488. The summed E-state index contributed by atoms with van der Waals surface area (Å²) in [4.78, 5) is 15.1. The number of amides is 1. The van der Waals surface area contributed by atoms with E-state index in [0.29, 0.717) is 12.2 Å². The molecule has 1 aromatic heterocycles. The largest absolute Gasteiger partial charge is 0.443 e. The number of hydrogen-bond acceptors (Lipinski definition) is 6. The van der Waals surface area contributed by atoms with Gasteiger partial charge in [0, 0.05) is 30.5 Å². The maximum absolute atomic E-state index is 12.5. The number of thiocarbonyl (C=S) groups is 1. The van der Waals surface area contributed by atoms with Gasteiger partial charge in [0.15, 0.2) is 0 Å². The summed E-state index contributed by atoms with van der Waals surface area (Å²) in [5, 5.41) is 5.20. The summed E-state index contributed by atoms with van der Waals surface area (Å²) in [6.07, 6.45) is 1.26. The first-order valence-electron chi connectivity index (χ1n) is 6.84. The molecule has 0 aliphatic carbocycles. The van der Waals surface area contributed by atoms with E-state index in [1.165, 1.54) is 10.3 Å². The number of carbonyl (C=O) groups is 1. The third kappa shape index (κ3) is 6.55. The van der Waals surface area contributed by atoms with Crippen molar-refractivity contribution in [1.29, 1.82) is 0 Å². The summed E-state index contributed by atoms with van der Waals surface area (Å²) in [5.41, 5.74) is 3.01. The molecule has 5 nitrogen and oxygen atoms in total. The van der Waals surface area contributed by atoms with Gasteiger partial charge in [-0.2, -0.15) is 0 Å². The van der Waals surface area contributed by atoms with Crippen LogP contribution >= 0.6 is 23.6 Å². The van der Waals surface area contributed by atoms with E-state index in [0.717, 1.165) is 4.88 Å². The Hall–Kier alpha value is -1.44. The standard InChI is InChI=1S/C15H23N3O2S2/c1-15(2,3)20-14(19)18(10-13-7-6-8-22-13)12(11-21)9-16-17(4)5/h6-9,11,16H,10H2,1-5H3. The fraction of sp³-hybridized carbons (Fsp3) is 0.467. The van der Waals surface area contributed by atoms with Gasteiger partial charge in [-0.25, -0.2) is 9.80 Å². The van der Waals surface area contributed by atoms with Gasteiger partial charge in [0.2, 0.25) is 0 Å². The summed E-state index contributed by atoms with van der Waals surface area (Å²) in [6.45, 7) is 5.94. The zero-order valence-electron chi connectivity index (χ0n) is 13.6. The smallest absolute Gasteiger partial charge is 0.415 e.